The first kappa shape index (κ1) is 33.5. The highest BCUT2D eigenvalue weighted by Gasteiger charge is 2.32. The molecule has 2 amide bonds. The number of ether oxygens (including phenoxy) is 1. The first-order valence-corrected chi connectivity index (χ1v) is 17.8. The van der Waals surface area contributed by atoms with E-state index in [4.69, 9.17) is 4.74 Å². The van der Waals surface area contributed by atoms with Crippen LogP contribution >= 0.6 is 15.9 Å². The van der Waals surface area contributed by atoms with Crippen molar-refractivity contribution in [3.8, 4) is 5.75 Å². The summed E-state index contributed by atoms with van der Waals surface area (Å²) in [7, 11) is -2.05. The van der Waals surface area contributed by atoms with Gasteiger partial charge in [-0.3, -0.25) is 13.9 Å². The Morgan fingerprint density at radius 3 is 2.20 bits per heavy atom. The van der Waals surface area contributed by atoms with Gasteiger partial charge in [-0.2, -0.15) is 0 Å². The molecule has 0 unspecified atom stereocenters. The van der Waals surface area contributed by atoms with Crippen molar-refractivity contribution in [1.82, 2.24) is 10.2 Å². The Labute approximate surface area is 270 Å². The Balaban J connectivity index is 1.57. The summed E-state index contributed by atoms with van der Waals surface area (Å²) in [5.74, 6) is 0.273. The van der Waals surface area contributed by atoms with Gasteiger partial charge >= 0.3 is 0 Å². The minimum Gasteiger partial charge on any atom is -0.497 e. The van der Waals surface area contributed by atoms with Crippen LogP contribution in [0.4, 0.5) is 5.69 Å². The number of rotatable bonds is 14. The fraction of sp³-hybridized carbons (Fsp3) is 0.412. The molecule has 0 saturated heterocycles. The van der Waals surface area contributed by atoms with Crippen LogP contribution in [0.3, 0.4) is 0 Å². The minimum absolute atomic E-state index is 0.0840. The van der Waals surface area contributed by atoms with Crippen LogP contribution in [0.15, 0.2) is 83.3 Å². The van der Waals surface area contributed by atoms with E-state index in [-0.39, 0.29) is 43.8 Å². The normalized spacial score (nSPS) is 14.4. The summed E-state index contributed by atoms with van der Waals surface area (Å²) in [4.78, 5) is 29.7. The Hall–Kier alpha value is -3.37. The van der Waals surface area contributed by atoms with E-state index in [9.17, 15) is 18.0 Å². The predicted octanol–water partition coefficient (Wildman–Crippen LogP) is 6.09. The molecule has 3 aromatic rings. The predicted molar refractivity (Wildman–Crippen MR) is 178 cm³/mol. The van der Waals surface area contributed by atoms with Crippen LogP contribution in [0.25, 0.3) is 0 Å². The van der Waals surface area contributed by atoms with Gasteiger partial charge in [0.05, 0.1) is 19.1 Å². The number of methoxy groups -OCH3 is 1. The Morgan fingerprint density at radius 2 is 1.59 bits per heavy atom. The fourth-order valence-corrected chi connectivity index (χ4v) is 6.87. The average molecular weight is 685 g/mol. The topological polar surface area (TPSA) is 96.0 Å². The van der Waals surface area contributed by atoms with Gasteiger partial charge < -0.3 is 15.0 Å². The first-order valence-electron chi connectivity index (χ1n) is 15.1. The van der Waals surface area contributed by atoms with Gasteiger partial charge in [-0.05, 0) is 66.8 Å². The maximum Gasteiger partial charge on any atom is 0.243 e. The zero-order chi connectivity index (χ0) is 31.5. The zero-order valence-electron chi connectivity index (χ0n) is 25.5. The standard InChI is InChI=1S/C34H42BrN3O5S/c1-43-31-21-19-30(20-22-31)38(44(2,41)42)23-9-14-33(39)37(25-27-15-17-28(35)18-16-27)32(24-26-10-5-3-6-11-26)34(40)36-29-12-7-4-8-13-29/h3,5-6,10-11,15-22,29,32H,4,7-9,12-14,23-25H2,1-2H3,(H,36,40)/t32-/m0/s1. The van der Waals surface area contributed by atoms with E-state index >= 15 is 0 Å². The third kappa shape index (κ3) is 9.82. The number of halogens is 1. The zero-order valence-corrected chi connectivity index (χ0v) is 27.9. The SMILES string of the molecule is COc1ccc(N(CCCC(=O)N(Cc2ccc(Br)cc2)[C@@H](Cc2ccccc2)C(=O)NC2CCCCC2)S(C)(=O)=O)cc1. The van der Waals surface area contributed by atoms with Crippen LogP contribution in [0.2, 0.25) is 0 Å². The van der Waals surface area contributed by atoms with Crippen LogP contribution < -0.4 is 14.4 Å². The number of hydrogen-bond donors (Lipinski definition) is 1. The number of benzene rings is 3. The highest BCUT2D eigenvalue weighted by atomic mass is 79.9. The van der Waals surface area contributed by atoms with Crippen molar-refractivity contribution in [1.29, 1.82) is 0 Å². The van der Waals surface area contributed by atoms with Crippen molar-refractivity contribution in [3.05, 3.63) is 94.5 Å². The van der Waals surface area contributed by atoms with Gasteiger partial charge in [-0.15, -0.1) is 0 Å². The fourth-order valence-electron chi connectivity index (χ4n) is 5.64. The second-order valence-corrected chi connectivity index (χ2v) is 14.2. The number of amides is 2. The third-order valence-corrected chi connectivity index (χ3v) is 9.72. The smallest absolute Gasteiger partial charge is 0.243 e. The molecule has 0 spiro atoms. The minimum atomic E-state index is -3.60. The van der Waals surface area contributed by atoms with E-state index in [1.165, 1.54) is 10.7 Å². The largest absolute Gasteiger partial charge is 0.497 e. The van der Waals surface area contributed by atoms with Crippen LogP contribution in [-0.4, -0.2) is 57.1 Å². The maximum absolute atomic E-state index is 14.0. The maximum atomic E-state index is 14.0. The van der Waals surface area contributed by atoms with E-state index in [2.05, 4.69) is 21.2 Å². The van der Waals surface area contributed by atoms with E-state index in [1.807, 2.05) is 54.6 Å². The van der Waals surface area contributed by atoms with E-state index < -0.39 is 16.1 Å². The number of carbonyl (C=O) groups is 2. The monoisotopic (exact) mass is 683 g/mol. The van der Waals surface area contributed by atoms with Gasteiger partial charge in [-0.25, -0.2) is 8.42 Å². The van der Waals surface area contributed by atoms with Crippen LogP contribution in [0.5, 0.6) is 5.75 Å². The molecule has 0 aromatic heterocycles. The van der Waals surface area contributed by atoms with Crippen molar-refractivity contribution in [3.63, 3.8) is 0 Å². The van der Waals surface area contributed by atoms with E-state index in [0.717, 1.165) is 47.5 Å². The summed E-state index contributed by atoms with van der Waals surface area (Å²) >= 11 is 3.48. The van der Waals surface area contributed by atoms with Crippen LogP contribution in [-0.2, 0) is 32.6 Å². The summed E-state index contributed by atoms with van der Waals surface area (Å²) < 4.78 is 32.8. The van der Waals surface area contributed by atoms with Gasteiger partial charge in [0, 0.05) is 36.4 Å². The van der Waals surface area contributed by atoms with Crippen molar-refractivity contribution in [2.24, 2.45) is 0 Å². The lowest BCUT2D eigenvalue weighted by Gasteiger charge is -2.34. The lowest BCUT2D eigenvalue weighted by Crippen LogP contribution is -2.52. The second-order valence-electron chi connectivity index (χ2n) is 11.3. The van der Waals surface area contributed by atoms with Crippen molar-refractivity contribution in [2.75, 3.05) is 24.2 Å². The average Bonchev–Trinajstić information content (AvgIpc) is 3.02. The highest BCUT2D eigenvalue weighted by molar-refractivity contribution is 9.10. The number of carbonyl (C=O) groups excluding carboxylic acids is 2. The van der Waals surface area contributed by atoms with Crippen molar-refractivity contribution < 1.29 is 22.7 Å². The molecule has 236 valence electrons. The Morgan fingerprint density at radius 1 is 0.932 bits per heavy atom. The molecular formula is C34H42BrN3O5S. The molecular weight excluding hydrogens is 642 g/mol. The van der Waals surface area contributed by atoms with Crippen LogP contribution in [0.1, 0.15) is 56.1 Å². The molecule has 4 rings (SSSR count). The van der Waals surface area contributed by atoms with Gasteiger partial charge in [-0.1, -0.05) is 77.7 Å². The molecule has 1 N–H and O–H groups in total. The molecule has 1 fully saturated rings. The molecule has 1 aliphatic rings. The number of nitrogens with one attached hydrogen (secondary N) is 1. The lowest BCUT2D eigenvalue weighted by molar-refractivity contribution is -0.141. The molecule has 3 aromatic carbocycles. The summed E-state index contributed by atoms with van der Waals surface area (Å²) in [5.41, 5.74) is 2.37. The number of nitrogens with zero attached hydrogens (tertiary/aromatic N) is 2. The molecule has 1 atom stereocenters. The van der Waals surface area contributed by atoms with Gasteiger partial charge in [0.1, 0.15) is 11.8 Å². The molecule has 0 radical (unpaired) electrons. The van der Waals surface area contributed by atoms with Crippen molar-refractivity contribution in [2.45, 2.75) is 70.0 Å². The molecule has 44 heavy (non-hydrogen) atoms. The number of sulfonamides is 1. The molecule has 0 bridgehead atoms. The van der Waals surface area contributed by atoms with E-state index in [0.29, 0.717) is 17.9 Å². The second kappa shape index (κ2) is 16.1. The molecule has 1 saturated carbocycles. The summed E-state index contributed by atoms with van der Waals surface area (Å²) in [6.45, 7) is 0.386. The quantitative estimate of drug-likeness (QED) is 0.222. The molecule has 1 aliphatic carbocycles. The summed E-state index contributed by atoms with van der Waals surface area (Å²) in [6.07, 6.45) is 7.14. The van der Waals surface area contributed by atoms with Gasteiger partial charge in [0.2, 0.25) is 21.8 Å². The van der Waals surface area contributed by atoms with Crippen LogP contribution in [0, 0.1) is 0 Å². The number of hydrogen-bond acceptors (Lipinski definition) is 5. The Kier molecular flexibility index (Phi) is 12.3. The molecule has 10 heteroatoms. The van der Waals surface area contributed by atoms with E-state index in [1.54, 1.807) is 36.3 Å². The number of anilines is 1. The summed E-state index contributed by atoms with van der Waals surface area (Å²) in [5, 5.41) is 3.26. The van der Waals surface area contributed by atoms with Gasteiger partial charge in [0.15, 0.2) is 0 Å². The van der Waals surface area contributed by atoms with Crippen molar-refractivity contribution >= 4 is 43.5 Å². The Bertz CT molecular complexity index is 1460. The molecule has 0 heterocycles. The third-order valence-electron chi connectivity index (χ3n) is 8.00. The lowest BCUT2D eigenvalue weighted by atomic mass is 9.94. The van der Waals surface area contributed by atoms with Gasteiger partial charge in [0.25, 0.3) is 0 Å². The first-order chi connectivity index (χ1) is 21.1. The summed E-state index contributed by atoms with van der Waals surface area (Å²) in [6, 6.07) is 23.7. The molecule has 0 aliphatic heterocycles. The highest BCUT2D eigenvalue weighted by Crippen LogP contribution is 2.24. The molecule has 8 nitrogen and oxygen atoms in total.